The van der Waals surface area contributed by atoms with Crippen molar-refractivity contribution in [3.05, 3.63) is 94.0 Å². The second-order valence-corrected chi connectivity index (χ2v) is 11.0. The highest BCUT2D eigenvalue weighted by atomic mass is 35.5. The molecule has 2 heterocycles. The van der Waals surface area contributed by atoms with Gasteiger partial charge in [-0.05, 0) is 61.6 Å². The maximum atomic E-state index is 6.90. The lowest BCUT2D eigenvalue weighted by atomic mass is 9.97. The highest BCUT2D eigenvalue weighted by Gasteiger charge is 2.34. The molecule has 2 aliphatic heterocycles. The van der Waals surface area contributed by atoms with Crippen LogP contribution in [0.15, 0.2) is 72.8 Å². The second kappa shape index (κ2) is 13.2. The number of nitrogens with zero attached hydrogens (tertiary/aromatic N) is 2. The predicted octanol–water partition coefficient (Wildman–Crippen LogP) is 7.37. The van der Waals surface area contributed by atoms with Crippen molar-refractivity contribution in [3.63, 3.8) is 0 Å². The summed E-state index contributed by atoms with van der Waals surface area (Å²) < 4.78 is 17.4. The van der Waals surface area contributed by atoms with Crippen molar-refractivity contribution in [2.45, 2.75) is 51.1 Å². The quantitative estimate of drug-likeness (QED) is 0.258. The fourth-order valence-corrected chi connectivity index (χ4v) is 5.87. The number of hydrogen-bond acceptors (Lipinski definition) is 5. The molecule has 0 N–H and O–H groups in total. The number of halogens is 2. The van der Waals surface area contributed by atoms with Gasteiger partial charge < -0.3 is 19.1 Å². The molecule has 3 aromatic rings. The number of rotatable bonds is 9. The summed E-state index contributed by atoms with van der Waals surface area (Å²) >= 11 is 13.1. The third kappa shape index (κ3) is 7.02. The molecule has 5 rings (SSSR count). The van der Waals surface area contributed by atoms with Gasteiger partial charge in [-0.3, -0.25) is 4.90 Å². The van der Waals surface area contributed by atoms with E-state index >= 15 is 0 Å². The molecule has 0 spiro atoms. The Bertz CT molecular complexity index is 1160. The van der Waals surface area contributed by atoms with E-state index in [0.29, 0.717) is 18.2 Å². The van der Waals surface area contributed by atoms with Crippen molar-refractivity contribution in [3.8, 4) is 5.75 Å². The number of hydrogen-bond donors (Lipinski definition) is 0. The van der Waals surface area contributed by atoms with Crippen LogP contribution < -0.4 is 9.64 Å². The highest BCUT2D eigenvalue weighted by Crippen LogP contribution is 2.39. The largest absolute Gasteiger partial charge is 0.491 e. The summed E-state index contributed by atoms with van der Waals surface area (Å²) in [5, 5.41) is 1.42. The van der Waals surface area contributed by atoms with Gasteiger partial charge in [0.05, 0.1) is 23.4 Å². The van der Waals surface area contributed by atoms with Crippen LogP contribution in [0.5, 0.6) is 5.75 Å². The number of anilines is 1. The molecular weight excluding hydrogens is 519 g/mol. The minimum atomic E-state index is -0.106. The Morgan fingerprint density at radius 2 is 1.74 bits per heavy atom. The molecule has 3 atom stereocenters. The van der Waals surface area contributed by atoms with Crippen LogP contribution in [0.4, 0.5) is 5.69 Å². The lowest BCUT2D eigenvalue weighted by Crippen LogP contribution is -2.53. The molecule has 0 amide bonds. The Labute approximate surface area is 236 Å². The zero-order chi connectivity index (χ0) is 26.3. The van der Waals surface area contributed by atoms with E-state index in [1.807, 2.05) is 24.3 Å². The van der Waals surface area contributed by atoms with Crippen LogP contribution in [0.2, 0.25) is 10.0 Å². The molecule has 0 aromatic heterocycles. The van der Waals surface area contributed by atoms with Crippen molar-refractivity contribution in [2.75, 3.05) is 37.8 Å². The van der Waals surface area contributed by atoms with Gasteiger partial charge in [0.15, 0.2) is 6.29 Å². The monoisotopic (exact) mass is 554 g/mol. The molecule has 0 aliphatic carbocycles. The zero-order valence-corrected chi connectivity index (χ0v) is 23.4. The minimum Gasteiger partial charge on any atom is -0.491 e. The Kier molecular flexibility index (Phi) is 9.47. The minimum absolute atomic E-state index is 0.106. The third-order valence-electron chi connectivity index (χ3n) is 7.26. The van der Waals surface area contributed by atoms with E-state index in [-0.39, 0.29) is 18.4 Å². The predicted molar refractivity (Wildman–Crippen MR) is 154 cm³/mol. The summed E-state index contributed by atoms with van der Waals surface area (Å²) in [6.07, 6.45) is 3.11. The fraction of sp³-hybridized carbons (Fsp3) is 0.419. The molecule has 5 nitrogen and oxygen atoms in total. The summed E-state index contributed by atoms with van der Waals surface area (Å²) in [5.74, 6) is 0.741. The fourth-order valence-electron chi connectivity index (χ4n) is 5.47. The van der Waals surface area contributed by atoms with Gasteiger partial charge in [0.25, 0.3) is 0 Å². The molecule has 3 aromatic carbocycles. The van der Waals surface area contributed by atoms with Crippen LogP contribution in [0.3, 0.4) is 0 Å². The Hall–Kier alpha value is -2.28. The van der Waals surface area contributed by atoms with E-state index in [4.69, 9.17) is 37.4 Å². The Morgan fingerprint density at radius 3 is 2.47 bits per heavy atom. The molecule has 0 radical (unpaired) electrons. The zero-order valence-electron chi connectivity index (χ0n) is 21.9. The summed E-state index contributed by atoms with van der Waals surface area (Å²) in [6.45, 7) is 6.73. The average molecular weight is 556 g/mol. The van der Waals surface area contributed by atoms with Gasteiger partial charge in [-0.2, -0.15) is 0 Å². The normalized spacial score (nSPS) is 22.4. The van der Waals surface area contributed by atoms with Gasteiger partial charge in [-0.15, -0.1) is 0 Å². The summed E-state index contributed by atoms with van der Waals surface area (Å²) in [4.78, 5) is 4.97. The lowest BCUT2D eigenvalue weighted by molar-refractivity contribution is -0.165. The summed E-state index contributed by atoms with van der Waals surface area (Å²) in [5.41, 5.74) is 3.55. The molecule has 0 saturated carbocycles. The van der Waals surface area contributed by atoms with Crippen LogP contribution in [0, 0.1) is 0 Å². The lowest BCUT2D eigenvalue weighted by Gasteiger charge is -2.47. The standard InChI is InChI=1S/C31H36Cl2N2O3/c1-23-20-34(21-24-7-3-2-4-8-24)22-30(25-10-12-26(32)13-11-25)35(23)29-15-14-27(19-28(29)33)36-17-18-38-31-9-5-6-16-37-31/h2-4,7-8,10-15,19,23,30-31H,5-6,9,16-18,20-22H2,1H3/t23-,30+,31?/m1/s1. The van der Waals surface area contributed by atoms with Crippen molar-refractivity contribution in [1.82, 2.24) is 4.90 Å². The van der Waals surface area contributed by atoms with Gasteiger partial charge in [-0.25, -0.2) is 0 Å². The van der Waals surface area contributed by atoms with Crippen molar-refractivity contribution < 1.29 is 14.2 Å². The Morgan fingerprint density at radius 1 is 0.921 bits per heavy atom. The van der Waals surface area contributed by atoms with Crippen LogP contribution in [-0.2, 0) is 16.0 Å². The first-order chi connectivity index (χ1) is 18.6. The topological polar surface area (TPSA) is 34.2 Å². The van der Waals surface area contributed by atoms with E-state index in [0.717, 1.165) is 62.0 Å². The van der Waals surface area contributed by atoms with Gasteiger partial charge >= 0.3 is 0 Å². The van der Waals surface area contributed by atoms with Gasteiger partial charge in [0.2, 0.25) is 0 Å². The third-order valence-corrected chi connectivity index (χ3v) is 7.81. The highest BCUT2D eigenvalue weighted by molar-refractivity contribution is 6.33. The van der Waals surface area contributed by atoms with E-state index in [9.17, 15) is 0 Å². The van der Waals surface area contributed by atoms with E-state index in [2.05, 4.69) is 65.3 Å². The number of piperazine rings is 1. The first-order valence-electron chi connectivity index (χ1n) is 13.5. The molecule has 38 heavy (non-hydrogen) atoms. The molecule has 1 unspecified atom stereocenters. The van der Waals surface area contributed by atoms with Crippen LogP contribution >= 0.6 is 23.2 Å². The number of ether oxygens (including phenoxy) is 3. The van der Waals surface area contributed by atoms with E-state index < -0.39 is 0 Å². The second-order valence-electron chi connectivity index (χ2n) is 10.1. The molecule has 2 aliphatic rings. The van der Waals surface area contributed by atoms with Crippen LogP contribution in [-0.4, -0.2) is 50.1 Å². The van der Waals surface area contributed by atoms with Crippen molar-refractivity contribution >= 4 is 28.9 Å². The van der Waals surface area contributed by atoms with Gasteiger partial charge in [0.1, 0.15) is 12.4 Å². The molecule has 2 fully saturated rings. The van der Waals surface area contributed by atoms with Gasteiger partial charge in [0, 0.05) is 43.4 Å². The maximum absolute atomic E-state index is 6.90. The van der Waals surface area contributed by atoms with Crippen LogP contribution in [0.25, 0.3) is 0 Å². The molecule has 7 heteroatoms. The molecule has 202 valence electrons. The molecule has 0 bridgehead atoms. The number of benzene rings is 3. The smallest absolute Gasteiger partial charge is 0.157 e. The maximum Gasteiger partial charge on any atom is 0.157 e. The summed E-state index contributed by atoms with van der Waals surface area (Å²) in [6, 6.07) is 25.2. The average Bonchev–Trinajstić information content (AvgIpc) is 2.93. The first-order valence-corrected chi connectivity index (χ1v) is 14.3. The van der Waals surface area contributed by atoms with Gasteiger partial charge in [-0.1, -0.05) is 65.7 Å². The SMILES string of the molecule is C[C@@H]1CN(Cc2ccccc2)C[C@@H](c2ccc(Cl)cc2)N1c1ccc(OCCOC2CCCCO2)cc1Cl. The van der Waals surface area contributed by atoms with E-state index in [1.54, 1.807) is 0 Å². The first kappa shape index (κ1) is 27.3. The van der Waals surface area contributed by atoms with E-state index in [1.165, 1.54) is 11.1 Å². The van der Waals surface area contributed by atoms with Crippen molar-refractivity contribution in [2.24, 2.45) is 0 Å². The molecule has 2 saturated heterocycles. The van der Waals surface area contributed by atoms with Crippen LogP contribution in [0.1, 0.15) is 43.4 Å². The summed E-state index contributed by atoms with van der Waals surface area (Å²) in [7, 11) is 0. The van der Waals surface area contributed by atoms with Crippen molar-refractivity contribution in [1.29, 1.82) is 0 Å². The molecular formula is C31H36Cl2N2O3. The Balaban J connectivity index is 1.29.